The lowest BCUT2D eigenvalue weighted by molar-refractivity contribution is 0.657. The molecule has 0 atom stereocenters. The first-order valence-corrected chi connectivity index (χ1v) is 9.95. The zero-order valence-electron chi connectivity index (χ0n) is 16.7. The van der Waals surface area contributed by atoms with E-state index in [4.69, 9.17) is 14.4 Å². The highest BCUT2D eigenvalue weighted by molar-refractivity contribution is 6.07. The standard InChI is InChI=1S/C26H20N2O/c1-15-27-23-18-10-5-7-14-21(18)29-25(23)24(28-15)19-12-8-11-17-16-9-4-6-13-20(16)26(2,3)22(17)19/h4-14H,1-3H3. The molecule has 5 aromatic rings. The first kappa shape index (κ1) is 16.5. The van der Waals surface area contributed by atoms with E-state index in [-0.39, 0.29) is 5.41 Å². The van der Waals surface area contributed by atoms with Crippen LogP contribution in [0.5, 0.6) is 0 Å². The zero-order chi connectivity index (χ0) is 19.8. The fourth-order valence-corrected chi connectivity index (χ4v) is 4.93. The Morgan fingerprint density at radius 1 is 0.759 bits per heavy atom. The molecule has 0 spiro atoms. The third-order valence-electron chi connectivity index (χ3n) is 6.17. The predicted molar refractivity (Wildman–Crippen MR) is 117 cm³/mol. The monoisotopic (exact) mass is 376 g/mol. The second kappa shape index (κ2) is 5.54. The molecule has 0 radical (unpaired) electrons. The average molecular weight is 376 g/mol. The molecule has 3 aromatic carbocycles. The summed E-state index contributed by atoms with van der Waals surface area (Å²) >= 11 is 0. The topological polar surface area (TPSA) is 38.9 Å². The van der Waals surface area contributed by atoms with Gasteiger partial charge in [0.05, 0.1) is 0 Å². The van der Waals surface area contributed by atoms with Gasteiger partial charge in [0, 0.05) is 16.4 Å². The molecule has 0 saturated heterocycles. The Balaban J connectivity index is 1.73. The summed E-state index contributed by atoms with van der Waals surface area (Å²) in [5.74, 6) is 0.755. The van der Waals surface area contributed by atoms with E-state index >= 15 is 0 Å². The molecule has 29 heavy (non-hydrogen) atoms. The van der Waals surface area contributed by atoms with Crippen molar-refractivity contribution in [2.75, 3.05) is 0 Å². The summed E-state index contributed by atoms with van der Waals surface area (Å²) in [6.45, 7) is 6.55. The maximum atomic E-state index is 6.27. The second-order valence-corrected chi connectivity index (χ2v) is 8.29. The van der Waals surface area contributed by atoms with Crippen LogP contribution >= 0.6 is 0 Å². The van der Waals surface area contributed by atoms with Crippen molar-refractivity contribution in [3.05, 3.63) is 83.7 Å². The molecule has 140 valence electrons. The van der Waals surface area contributed by atoms with E-state index in [1.54, 1.807) is 0 Å². The number of aromatic nitrogens is 2. The molecule has 0 saturated carbocycles. The third kappa shape index (κ3) is 2.13. The Bertz CT molecular complexity index is 1440. The number of para-hydroxylation sites is 1. The van der Waals surface area contributed by atoms with Crippen molar-refractivity contribution >= 4 is 22.1 Å². The van der Waals surface area contributed by atoms with Gasteiger partial charge in [0.15, 0.2) is 5.58 Å². The van der Waals surface area contributed by atoms with Crippen LogP contribution in [0.3, 0.4) is 0 Å². The molecule has 6 rings (SSSR count). The van der Waals surface area contributed by atoms with Gasteiger partial charge < -0.3 is 4.42 Å². The number of hydrogen-bond donors (Lipinski definition) is 0. The zero-order valence-corrected chi connectivity index (χ0v) is 16.7. The van der Waals surface area contributed by atoms with E-state index in [9.17, 15) is 0 Å². The molecule has 2 heterocycles. The van der Waals surface area contributed by atoms with Crippen molar-refractivity contribution in [1.82, 2.24) is 9.97 Å². The molecule has 3 nitrogen and oxygen atoms in total. The number of aryl methyl sites for hydroxylation is 1. The van der Waals surface area contributed by atoms with Crippen LogP contribution in [0.1, 0.15) is 30.8 Å². The molecule has 0 amide bonds. The van der Waals surface area contributed by atoms with E-state index in [1.807, 2.05) is 25.1 Å². The summed E-state index contributed by atoms with van der Waals surface area (Å²) in [6.07, 6.45) is 0. The molecule has 1 aliphatic carbocycles. The molecule has 0 unspecified atom stereocenters. The minimum absolute atomic E-state index is 0.111. The summed E-state index contributed by atoms with van der Waals surface area (Å²) in [7, 11) is 0. The molecule has 2 aromatic heterocycles. The fraction of sp³-hybridized carbons (Fsp3) is 0.154. The Labute approximate surface area is 169 Å². The van der Waals surface area contributed by atoms with Gasteiger partial charge in [-0.05, 0) is 41.3 Å². The number of fused-ring (bicyclic) bond motifs is 6. The normalized spacial score (nSPS) is 14.3. The van der Waals surface area contributed by atoms with Crippen LogP contribution < -0.4 is 0 Å². The SMILES string of the molecule is Cc1nc(-c2cccc3c2C(C)(C)c2ccccc2-3)c2oc3ccccc3c2n1. The fourth-order valence-electron chi connectivity index (χ4n) is 4.93. The highest BCUT2D eigenvalue weighted by atomic mass is 16.3. The quantitative estimate of drug-likeness (QED) is 0.328. The summed E-state index contributed by atoms with van der Waals surface area (Å²) in [4.78, 5) is 9.58. The predicted octanol–water partition coefficient (Wildman–Crippen LogP) is 6.66. The van der Waals surface area contributed by atoms with Crippen LogP contribution in [0.2, 0.25) is 0 Å². The lowest BCUT2D eigenvalue weighted by Gasteiger charge is -2.24. The Morgan fingerprint density at radius 2 is 1.48 bits per heavy atom. The largest absolute Gasteiger partial charge is 0.452 e. The molecule has 0 bridgehead atoms. The molecular weight excluding hydrogens is 356 g/mol. The van der Waals surface area contributed by atoms with Crippen LogP contribution in [-0.2, 0) is 5.41 Å². The van der Waals surface area contributed by atoms with Gasteiger partial charge in [-0.25, -0.2) is 9.97 Å². The van der Waals surface area contributed by atoms with Gasteiger partial charge >= 0.3 is 0 Å². The highest BCUT2D eigenvalue weighted by Crippen LogP contribution is 2.52. The van der Waals surface area contributed by atoms with E-state index in [0.717, 1.165) is 39.2 Å². The van der Waals surface area contributed by atoms with Gasteiger partial charge in [0.1, 0.15) is 22.6 Å². The summed E-state index contributed by atoms with van der Waals surface area (Å²) in [5.41, 5.74) is 9.63. The lowest BCUT2D eigenvalue weighted by atomic mass is 9.79. The van der Waals surface area contributed by atoms with E-state index in [2.05, 4.69) is 62.4 Å². The molecule has 0 aliphatic heterocycles. The van der Waals surface area contributed by atoms with E-state index in [1.165, 1.54) is 22.3 Å². The van der Waals surface area contributed by atoms with Crippen LogP contribution in [-0.4, -0.2) is 9.97 Å². The van der Waals surface area contributed by atoms with Crippen molar-refractivity contribution in [3.63, 3.8) is 0 Å². The number of benzene rings is 3. The van der Waals surface area contributed by atoms with E-state index in [0.29, 0.717) is 0 Å². The minimum atomic E-state index is -0.111. The molecular formula is C26H20N2O. The third-order valence-corrected chi connectivity index (χ3v) is 6.17. The summed E-state index contributed by atoms with van der Waals surface area (Å²) in [5, 5.41) is 1.03. The Hall–Kier alpha value is -3.46. The van der Waals surface area contributed by atoms with Gasteiger partial charge in [0.25, 0.3) is 0 Å². The van der Waals surface area contributed by atoms with Crippen LogP contribution in [0.15, 0.2) is 71.1 Å². The minimum Gasteiger partial charge on any atom is -0.452 e. The van der Waals surface area contributed by atoms with Gasteiger partial charge in [-0.2, -0.15) is 0 Å². The maximum Gasteiger partial charge on any atom is 0.180 e. The first-order valence-electron chi connectivity index (χ1n) is 9.95. The van der Waals surface area contributed by atoms with Crippen molar-refractivity contribution in [2.24, 2.45) is 0 Å². The first-order chi connectivity index (χ1) is 14.1. The maximum absolute atomic E-state index is 6.27. The van der Waals surface area contributed by atoms with E-state index < -0.39 is 0 Å². The number of nitrogens with zero attached hydrogens (tertiary/aromatic N) is 2. The molecule has 0 fully saturated rings. The average Bonchev–Trinajstić information content (AvgIpc) is 3.21. The van der Waals surface area contributed by atoms with Crippen LogP contribution in [0.25, 0.3) is 44.5 Å². The molecule has 3 heteroatoms. The van der Waals surface area contributed by atoms with Crippen molar-refractivity contribution in [3.8, 4) is 22.4 Å². The van der Waals surface area contributed by atoms with Crippen molar-refractivity contribution in [2.45, 2.75) is 26.2 Å². The summed E-state index contributed by atoms with van der Waals surface area (Å²) in [6, 6.07) is 23.3. The number of rotatable bonds is 1. The van der Waals surface area contributed by atoms with Gasteiger partial charge in [-0.1, -0.05) is 68.4 Å². The molecule has 1 aliphatic rings. The number of furan rings is 1. The molecule has 0 N–H and O–H groups in total. The highest BCUT2D eigenvalue weighted by Gasteiger charge is 2.38. The smallest absolute Gasteiger partial charge is 0.180 e. The van der Waals surface area contributed by atoms with Crippen LogP contribution in [0, 0.1) is 6.92 Å². The Kier molecular flexibility index (Phi) is 3.15. The van der Waals surface area contributed by atoms with Gasteiger partial charge in [-0.15, -0.1) is 0 Å². The van der Waals surface area contributed by atoms with Crippen LogP contribution in [0.4, 0.5) is 0 Å². The van der Waals surface area contributed by atoms with Crippen molar-refractivity contribution in [1.29, 1.82) is 0 Å². The summed E-state index contributed by atoms with van der Waals surface area (Å²) < 4.78 is 6.27. The number of hydrogen-bond acceptors (Lipinski definition) is 3. The van der Waals surface area contributed by atoms with Crippen molar-refractivity contribution < 1.29 is 4.42 Å². The van der Waals surface area contributed by atoms with Gasteiger partial charge in [-0.3, -0.25) is 0 Å². The Morgan fingerprint density at radius 3 is 2.38 bits per heavy atom. The van der Waals surface area contributed by atoms with Gasteiger partial charge in [0.2, 0.25) is 0 Å². The second-order valence-electron chi connectivity index (χ2n) is 8.29. The lowest BCUT2D eigenvalue weighted by Crippen LogP contribution is -2.16.